The van der Waals surface area contributed by atoms with E-state index in [1.807, 2.05) is 0 Å². The van der Waals surface area contributed by atoms with Crippen LogP contribution >= 0.6 is 0 Å². The molecule has 1 aliphatic heterocycles. The summed E-state index contributed by atoms with van der Waals surface area (Å²) in [4.78, 5) is 26.7. The van der Waals surface area contributed by atoms with Crippen LogP contribution in [-0.4, -0.2) is 53.7 Å². The topological polar surface area (TPSA) is 115 Å². The van der Waals surface area contributed by atoms with E-state index in [4.69, 9.17) is 4.52 Å². The van der Waals surface area contributed by atoms with Crippen molar-refractivity contribution in [2.24, 2.45) is 0 Å². The fraction of sp³-hybridized carbons (Fsp3) is 0.350. The van der Waals surface area contributed by atoms with Crippen LogP contribution in [0.5, 0.6) is 0 Å². The van der Waals surface area contributed by atoms with E-state index < -0.39 is 21.5 Å². The zero-order valence-electron chi connectivity index (χ0n) is 16.5. The number of rotatable bonds is 6. The van der Waals surface area contributed by atoms with Crippen LogP contribution < -0.4 is 5.32 Å². The van der Waals surface area contributed by atoms with Gasteiger partial charge in [-0.15, -0.1) is 0 Å². The molecular weight excluding hydrogens is 408 g/mol. The lowest BCUT2D eigenvalue weighted by Gasteiger charge is -2.15. The van der Waals surface area contributed by atoms with E-state index in [1.165, 1.54) is 12.3 Å². The van der Waals surface area contributed by atoms with Crippen LogP contribution in [0, 0.1) is 6.92 Å². The SMILES string of the molecule is Cc1cc(NC(=O)CS(=O)(=O)c2cn(CC(=O)N3CCCC3)c3ccccc23)no1. The minimum absolute atomic E-state index is 0.0267. The number of hydrogen-bond donors (Lipinski definition) is 1. The molecular formula is C20H22N4O5S. The molecule has 1 aliphatic rings. The van der Waals surface area contributed by atoms with Gasteiger partial charge in [-0.1, -0.05) is 23.4 Å². The number of amides is 2. The van der Waals surface area contributed by atoms with Crippen molar-refractivity contribution in [3.05, 3.63) is 42.3 Å². The summed E-state index contributed by atoms with van der Waals surface area (Å²) in [6.07, 6.45) is 3.41. The first-order chi connectivity index (χ1) is 14.3. The Morgan fingerprint density at radius 3 is 2.63 bits per heavy atom. The maximum Gasteiger partial charge on any atom is 0.242 e. The molecule has 1 saturated heterocycles. The van der Waals surface area contributed by atoms with E-state index in [9.17, 15) is 18.0 Å². The highest BCUT2D eigenvalue weighted by Gasteiger charge is 2.26. The maximum atomic E-state index is 13.0. The number of nitrogens with one attached hydrogen (secondary N) is 1. The molecule has 2 amide bonds. The maximum absolute atomic E-state index is 13.0. The molecule has 0 atom stereocenters. The summed E-state index contributed by atoms with van der Waals surface area (Å²) in [5.74, 6) is -0.845. The highest BCUT2D eigenvalue weighted by Crippen LogP contribution is 2.27. The average Bonchev–Trinajstić information content (AvgIpc) is 3.42. The van der Waals surface area contributed by atoms with Gasteiger partial charge in [0.25, 0.3) is 0 Å². The Balaban J connectivity index is 1.59. The summed E-state index contributed by atoms with van der Waals surface area (Å²) >= 11 is 0. The highest BCUT2D eigenvalue weighted by molar-refractivity contribution is 7.92. The fourth-order valence-electron chi connectivity index (χ4n) is 3.66. The zero-order chi connectivity index (χ0) is 21.3. The number of aromatic nitrogens is 2. The minimum atomic E-state index is -3.95. The summed E-state index contributed by atoms with van der Waals surface area (Å²) in [6, 6.07) is 8.46. The Morgan fingerprint density at radius 1 is 1.20 bits per heavy atom. The van der Waals surface area contributed by atoms with Gasteiger partial charge >= 0.3 is 0 Å². The molecule has 2 aromatic heterocycles. The first kappa shape index (κ1) is 20.1. The van der Waals surface area contributed by atoms with Crippen molar-refractivity contribution >= 4 is 38.4 Å². The lowest BCUT2D eigenvalue weighted by atomic mass is 10.2. The number of likely N-dealkylation sites (tertiary alicyclic amines) is 1. The number of carbonyl (C=O) groups is 2. The number of sulfone groups is 1. The van der Waals surface area contributed by atoms with Crippen molar-refractivity contribution in [1.82, 2.24) is 14.6 Å². The van der Waals surface area contributed by atoms with Gasteiger partial charge in [-0.3, -0.25) is 9.59 Å². The molecule has 1 fully saturated rings. The van der Waals surface area contributed by atoms with Gasteiger partial charge in [0.1, 0.15) is 18.1 Å². The molecule has 0 saturated carbocycles. The number of benzene rings is 1. The van der Waals surface area contributed by atoms with Gasteiger partial charge in [0.05, 0.1) is 4.90 Å². The highest BCUT2D eigenvalue weighted by atomic mass is 32.2. The van der Waals surface area contributed by atoms with Crippen LogP contribution in [0.15, 0.2) is 45.9 Å². The summed E-state index contributed by atoms with van der Waals surface area (Å²) < 4.78 is 32.5. The van der Waals surface area contributed by atoms with E-state index in [-0.39, 0.29) is 23.2 Å². The average molecular weight is 430 g/mol. The molecule has 0 aliphatic carbocycles. The lowest BCUT2D eigenvalue weighted by Crippen LogP contribution is -2.30. The predicted molar refractivity (Wildman–Crippen MR) is 110 cm³/mol. The third kappa shape index (κ3) is 4.09. The van der Waals surface area contributed by atoms with Crippen LogP contribution in [-0.2, 0) is 26.0 Å². The smallest absolute Gasteiger partial charge is 0.242 e. The number of nitrogens with zero attached hydrogens (tertiary/aromatic N) is 3. The zero-order valence-corrected chi connectivity index (χ0v) is 17.3. The van der Waals surface area contributed by atoms with E-state index in [0.717, 1.165) is 25.9 Å². The van der Waals surface area contributed by atoms with Crippen LogP contribution in [0.3, 0.4) is 0 Å². The third-order valence-electron chi connectivity index (χ3n) is 5.07. The summed E-state index contributed by atoms with van der Waals surface area (Å²) in [7, 11) is -3.95. The van der Waals surface area contributed by atoms with Gasteiger partial charge in [0.15, 0.2) is 15.7 Å². The van der Waals surface area contributed by atoms with E-state index in [0.29, 0.717) is 16.7 Å². The van der Waals surface area contributed by atoms with E-state index in [2.05, 4.69) is 10.5 Å². The molecule has 158 valence electrons. The van der Waals surface area contributed by atoms with E-state index >= 15 is 0 Å². The summed E-state index contributed by atoms with van der Waals surface area (Å²) in [6.45, 7) is 3.17. The molecule has 1 aromatic carbocycles. The van der Waals surface area contributed by atoms with Crippen molar-refractivity contribution in [2.75, 3.05) is 24.2 Å². The van der Waals surface area contributed by atoms with Crippen LogP contribution in [0.4, 0.5) is 5.82 Å². The number of anilines is 1. The fourth-order valence-corrected chi connectivity index (χ4v) is 5.03. The first-order valence-electron chi connectivity index (χ1n) is 9.65. The molecule has 0 radical (unpaired) electrons. The second-order valence-electron chi connectivity index (χ2n) is 7.36. The Bertz CT molecular complexity index is 1200. The van der Waals surface area contributed by atoms with Gasteiger partial charge in [0, 0.05) is 36.3 Å². The molecule has 0 spiro atoms. The summed E-state index contributed by atoms with van der Waals surface area (Å²) in [5, 5.41) is 6.54. The van der Waals surface area contributed by atoms with Crippen LogP contribution in [0.1, 0.15) is 18.6 Å². The lowest BCUT2D eigenvalue weighted by molar-refractivity contribution is -0.130. The number of fused-ring (bicyclic) bond motifs is 1. The first-order valence-corrected chi connectivity index (χ1v) is 11.3. The normalized spacial score (nSPS) is 14.4. The quantitative estimate of drug-likeness (QED) is 0.639. The standard InChI is InChI=1S/C20H22N4O5S/c1-14-10-18(22-29-14)21-19(25)13-30(27,28)17-11-24(16-7-3-2-6-15(16)17)12-20(26)23-8-4-5-9-23/h2-3,6-7,10-11H,4-5,8-9,12-13H2,1H3,(H,21,22,25). The number of carbonyl (C=O) groups excluding carboxylic acids is 2. The minimum Gasteiger partial charge on any atom is -0.360 e. The monoisotopic (exact) mass is 430 g/mol. The molecule has 9 nitrogen and oxygen atoms in total. The number of para-hydroxylation sites is 1. The largest absolute Gasteiger partial charge is 0.360 e. The Kier molecular flexibility index (Phi) is 5.33. The van der Waals surface area contributed by atoms with Crippen molar-refractivity contribution in [3.63, 3.8) is 0 Å². The molecule has 0 unspecified atom stereocenters. The van der Waals surface area contributed by atoms with Gasteiger partial charge in [0.2, 0.25) is 11.8 Å². The van der Waals surface area contributed by atoms with Gasteiger partial charge in [-0.2, -0.15) is 0 Å². The van der Waals surface area contributed by atoms with Crippen molar-refractivity contribution in [3.8, 4) is 0 Å². The molecule has 30 heavy (non-hydrogen) atoms. The van der Waals surface area contributed by atoms with Gasteiger partial charge in [-0.05, 0) is 25.8 Å². The predicted octanol–water partition coefficient (Wildman–Crippen LogP) is 1.97. The van der Waals surface area contributed by atoms with Crippen molar-refractivity contribution in [2.45, 2.75) is 31.2 Å². The second-order valence-corrected chi connectivity index (χ2v) is 9.31. The molecule has 4 rings (SSSR count). The Labute approximate surface area is 173 Å². The second kappa shape index (κ2) is 7.94. The molecule has 10 heteroatoms. The molecule has 1 N–H and O–H groups in total. The number of hydrogen-bond acceptors (Lipinski definition) is 6. The molecule has 3 aromatic rings. The van der Waals surface area contributed by atoms with Crippen LogP contribution in [0.25, 0.3) is 10.9 Å². The van der Waals surface area contributed by atoms with Crippen LogP contribution in [0.2, 0.25) is 0 Å². The van der Waals surface area contributed by atoms with Crippen molar-refractivity contribution < 1.29 is 22.5 Å². The number of aryl methyl sites for hydroxylation is 1. The summed E-state index contributed by atoms with van der Waals surface area (Å²) in [5.41, 5.74) is 0.635. The third-order valence-corrected chi connectivity index (χ3v) is 6.71. The Hall–Kier alpha value is -3.14. The molecule has 3 heterocycles. The Morgan fingerprint density at radius 2 is 1.93 bits per heavy atom. The molecule has 0 bridgehead atoms. The van der Waals surface area contributed by atoms with Gasteiger partial charge in [-0.25, -0.2) is 8.42 Å². The van der Waals surface area contributed by atoms with Crippen molar-refractivity contribution in [1.29, 1.82) is 0 Å². The van der Waals surface area contributed by atoms with Gasteiger partial charge < -0.3 is 19.3 Å². The van der Waals surface area contributed by atoms with E-state index in [1.54, 1.807) is 40.7 Å².